The Hall–Kier alpha value is -1.38. The van der Waals surface area contributed by atoms with E-state index >= 15 is 0 Å². The first kappa shape index (κ1) is 13.6. The van der Waals surface area contributed by atoms with Crippen molar-refractivity contribution in [2.45, 2.75) is 38.3 Å². The van der Waals surface area contributed by atoms with E-state index in [1.165, 1.54) is 42.1 Å². The highest BCUT2D eigenvalue weighted by Crippen LogP contribution is 2.24. The number of hydrogen-bond donors (Lipinski definition) is 2. The molecule has 2 nitrogen and oxygen atoms in total. The van der Waals surface area contributed by atoms with E-state index in [1.54, 1.807) is 0 Å². The van der Waals surface area contributed by atoms with E-state index in [0.717, 1.165) is 6.54 Å². The molecule has 1 aliphatic heterocycles. The molecule has 0 aliphatic carbocycles. The fourth-order valence-electron chi connectivity index (χ4n) is 3.16. The second kappa shape index (κ2) is 6.38. The van der Waals surface area contributed by atoms with Crippen molar-refractivity contribution in [3.8, 4) is 0 Å². The largest absolute Gasteiger partial charge is 0.313 e. The first-order valence-corrected chi connectivity index (χ1v) is 7.79. The van der Waals surface area contributed by atoms with Crippen LogP contribution in [0, 0.1) is 0 Å². The molecule has 0 bridgehead atoms. The van der Waals surface area contributed by atoms with E-state index in [9.17, 15) is 0 Å². The molecule has 0 aromatic heterocycles. The van der Waals surface area contributed by atoms with E-state index < -0.39 is 0 Å². The molecule has 1 heterocycles. The molecule has 2 aromatic carbocycles. The first-order chi connectivity index (χ1) is 9.84. The van der Waals surface area contributed by atoms with Crippen LogP contribution in [0.5, 0.6) is 0 Å². The maximum Gasteiger partial charge on any atom is 0.0298 e. The predicted molar refractivity (Wildman–Crippen MR) is 86.0 cm³/mol. The highest BCUT2D eigenvalue weighted by atomic mass is 15.0. The van der Waals surface area contributed by atoms with Gasteiger partial charge in [-0.25, -0.2) is 0 Å². The smallest absolute Gasteiger partial charge is 0.0298 e. The van der Waals surface area contributed by atoms with Gasteiger partial charge in [0.05, 0.1) is 0 Å². The zero-order chi connectivity index (χ0) is 13.8. The summed E-state index contributed by atoms with van der Waals surface area (Å²) < 4.78 is 0. The average molecular weight is 268 g/mol. The fraction of sp³-hybridized carbons (Fsp3) is 0.444. The van der Waals surface area contributed by atoms with Gasteiger partial charge in [-0.15, -0.1) is 0 Å². The molecule has 2 N–H and O–H groups in total. The van der Waals surface area contributed by atoms with Crippen LogP contribution in [0.3, 0.4) is 0 Å². The summed E-state index contributed by atoms with van der Waals surface area (Å²) in [7, 11) is 0. The Bertz CT molecular complexity index is 553. The van der Waals surface area contributed by atoms with Crippen molar-refractivity contribution in [3.63, 3.8) is 0 Å². The second-order valence-corrected chi connectivity index (χ2v) is 5.85. The molecule has 2 atom stereocenters. The Kier molecular flexibility index (Phi) is 4.34. The van der Waals surface area contributed by atoms with Gasteiger partial charge in [-0.1, -0.05) is 48.9 Å². The highest BCUT2D eigenvalue weighted by Gasteiger charge is 2.14. The standard InChI is InChI=1S/C18H24N2/c1-14(20-13-16-9-4-5-12-19-16)17-11-6-8-15-7-2-3-10-18(15)17/h2-3,6-8,10-11,14,16,19-20H,4-5,9,12-13H2,1H3. The lowest BCUT2D eigenvalue weighted by Gasteiger charge is -2.26. The van der Waals surface area contributed by atoms with Crippen molar-refractivity contribution in [2.75, 3.05) is 13.1 Å². The van der Waals surface area contributed by atoms with Crippen LogP contribution in [0.25, 0.3) is 10.8 Å². The minimum Gasteiger partial charge on any atom is -0.313 e. The maximum absolute atomic E-state index is 3.70. The molecule has 2 aromatic rings. The minimum absolute atomic E-state index is 0.393. The quantitative estimate of drug-likeness (QED) is 0.884. The van der Waals surface area contributed by atoms with Crippen molar-refractivity contribution >= 4 is 10.8 Å². The zero-order valence-electron chi connectivity index (χ0n) is 12.2. The van der Waals surface area contributed by atoms with Crippen LogP contribution in [0.15, 0.2) is 42.5 Å². The van der Waals surface area contributed by atoms with Gasteiger partial charge in [0, 0.05) is 18.6 Å². The molecule has 1 fully saturated rings. The fourth-order valence-corrected chi connectivity index (χ4v) is 3.16. The third-order valence-corrected chi connectivity index (χ3v) is 4.37. The second-order valence-electron chi connectivity index (χ2n) is 5.85. The van der Waals surface area contributed by atoms with Gasteiger partial charge < -0.3 is 10.6 Å². The van der Waals surface area contributed by atoms with E-state index in [-0.39, 0.29) is 0 Å². The summed E-state index contributed by atoms with van der Waals surface area (Å²) in [6.07, 6.45) is 3.99. The Morgan fingerprint density at radius 1 is 1.15 bits per heavy atom. The number of fused-ring (bicyclic) bond motifs is 1. The average Bonchev–Trinajstić information content (AvgIpc) is 2.53. The van der Waals surface area contributed by atoms with Crippen LogP contribution in [-0.4, -0.2) is 19.1 Å². The van der Waals surface area contributed by atoms with Crippen molar-refractivity contribution < 1.29 is 0 Å². The van der Waals surface area contributed by atoms with Gasteiger partial charge in [0.25, 0.3) is 0 Å². The van der Waals surface area contributed by atoms with Crippen molar-refractivity contribution in [2.24, 2.45) is 0 Å². The van der Waals surface area contributed by atoms with E-state index in [4.69, 9.17) is 0 Å². The Balaban J connectivity index is 1.70. The molecule has 0 saturated carbocycles. The first-order valence-electron chi connectivity index (χ1n) is 7.79. The van der Waals surface area contributed by atoms with Crippen LogP contribution < -0.4 is 10.6 Å². The summed E-state index contributed by atoms with van der Waals surface area (Å²) in [5, 5.41) is 9.99. The Morgan fingerprint density at radius 3 is 2.85 bits per heavy atom. The van der Waals surface area contributed by atoms with Gasteiger partial charge in [-0.3, -0.25) is 0 Å². The summed E-state index contributed by atoms with van der Waals surface area (Å²) in [6, 6.07) is 16.3. The topological polar surface area (TPSA) is 24.1 Å². The molecule has 2 unspecified atom stereocenters. The highest BCUT2D eigenvalue weighted by molar-refractivity contribution is 5.86. The Labute approximate surface area is 121 Å². The molecule has 0 radical (unpaired) electrons. The summed E-state index contributed by atoms with van der Waals surface area (Å²) in [5.41, 5.74) is 1.40. The van der Waals surface area contributed by atoms with Crippen LogP contribution in [0.4, 0.5) is 0 Å². The van der Waals surface area contributed by atoms with Gasteiger partial charge in [0.2, 0.25) is 0 Å². The van der Waals surface area contributed by atoms with E-state index in [2.05, 4.69) is 60.0 Å². The predicted octanol–water partition coefficient (Wildman–Crippen LogP) is 3.63. The molecule has 106 valence electrons. The monoisotopic (exact) mass is 268 g/mol. The summed E-state index contributed by atoms with van der Waals surface area (Å²) >= 11 is 0. The van der Waals surface area contributed by atoms with Gasteiger partial charge >= 0.3 is 0 Å². The Morgan fingerprint density at radius 2 is 2.00 bits per heavy atom. The van der Waals surface area contributed by atoms with E-state index in [0.29, 0.717) is 12.1 Å². The molecule has 2 heteroatoms. The third-order valence-electron chi connectivity index (χ3n) is 4.37. The number of benzene rings is 2. The van der Waals surface area contributed by atoms with Crippen LogP contribution in [0.2, 0.25) is 0 Å². The molecule has 20 heavy (non-hydrogen) atoms. The van der Waals surface area contributed by atoms with Crippen LogP contribution in [0.1, 0.15) is 37.8 Å². The molecule has 1 aliphatic rings. The zero-order valence-corrected chi connectivity index (χ0v) is 12.2. The summed E-state index contributed by atoms with van der Waals surface area (Å²) in [4.78, 5) is 0. The molecular formula is C18H24N2. The van der Waals surface area contributed by atoms with Gasteiger partial charge in [0.15, 0.2) is 0 Å². The van der Waals surface area contributed by atoms with Gasteiger partial charge in [-0.05, 0) is 42.6 Å². The van der Waals surface area contributed by atoms with Gasteiger partial charge in [-0.2, -0.15) is 0 Å². The van der Waals surface area contributed by atoms with Crippen molar-refractivity contribution in [3.05, 3.63) is 48.0 Å². The minimum atomic E-state index is 0.393. The number of piperidine rings is 1. The van der Waals surface area contributed by atoms with Crippen molar-refractivity contribution in [1.82, 2.24) is 10.6 Å². The lowest BCUT2D eigenvalue weighted by Crippen LogP contribution is -2.42. The molecule has 3 rings (SSSR count). The number of rotatable bonds is 4. The van der Waals surface area contributed by atoms with Gasteiger partial charge in [0.1, 0.15) is 0 Å². The number of hydrogen-bond acceptors (Lipinski definition) is 2. The molecular weight excluding hydrogens is 244 g/mol. The van der Waals surface area contributed by atoms with Crippen LogP contribution >= 0.6 is 0 Å². The number of nitrogens with one attached hydrogen (secondary N) is 2. The maximum atomic E-state index is 3.70. The van der Waals surface area contributed by atoms with E-state index in [1.807, 2.05) is 0 Å². The lowest BCUT2D eigenvalue weighted by atomic mass is 9.99. The van der Waals surface area contributed by atoms with Crippen molar-refractivity contribution in [1.29, 1.82) is 0 Å². The molecule has 1 saturated heterocycles. The third kappa shape index (κ3) is 3.02. The summed E-state index contributed by atoms with van der Waals surface area (Å²) in [6.45, 7) is 4.50. The molecule has 0 spiro atoms. The SMILES string of the molecule is CC(NCC1CCCCN1)c1cccc2ccccc12. The lowest BCUT2D eigenvalue weighted by molar-refractivity contribution is 0.371. The summed E-state index contributed by atoms with van der Waals surface area (Å²) in [5.74, 6) is 0. The van der Waals surface area contributed by atoms with Crippen LogP contribution in [-0.2, 0) is 0 Å². The normalized spacial score (nSPS) is 20.9. The molecule has 0 amide bonds.